The van der Waals surface area contributed by atoms with E-state index < -0.39 is 0 Å². The van der Waals surface area contributed by atoms with Crippen LogP contribution in [0.2, 0.25) is 0 Å². The third kappa shape index (κ3) is 2.38. The lowest BCUT2D eigenvalue weighted by Gasteiger charge is -2.20. The lowest BCUT2D eigenvalue weighted by atomic mass is 10.2. The molecule has 0 spiro atoms. The van der Waals surface area contributed by atoms with Crippen LogP contribution in [0.1, 0.15) is 5.56 Å². The second kappa shape index (κ2) is 4.77. The van der Waals surface area contributed by atoms with Crippen molar-refractivity contribution in [3.8, 4) is 11.5 Å². The molecule has 1 aromatic rings. The number of aliphatic hydroxyl groups is 1. The highest BCUT2D eigenvalue weighted by Crippen LogP contribution is 2.36. The van der Waals surface area contributed by atoms with E-state index in [1.165, 1.54) is 0 Å². The maximum Gasteiger partial charge on any atom is 0.162 e. The Kier molecular flexibility index (Phi) is 3.38. The lowest BCUT2D eigenvalue weighted by molar-refractivity contribution is 0.171. The molecule has 4 heteroatoms. The fraction of sp³-hybridized carbons (Fsp3) is 0.455. The van der Waals surface area contributed by atoms with Gasteiger partial charge in [0.1, 0.15) is 13.2 Å². The number of aliphatic hydroxyl groups excluding tert-OH is 1. The Morgan fingerprint density at radius 2 is 1.93 bits per heavy atom. The van der Waals surface area contributed by atoms with Gasteiger partial charge in [-0.1, -0.05) is 0 Å². The van der Waals surface area contributed by atoms with Crippen molar-refractivity contribution < 1.29 is 14.6 Å². The molecule has 0 aliphatic carbocycles. The molecule has 0 aromatic heterocycles. The van der Waals surface area contributed by atoms with Crippen molar-refractivity contribution in [1.82, 2.24) is 0 Å². The summed E-state index contributed by atoms with van der Waals surface area (Å²) in [5.41, 5.74) is 1.16. The Hall–Kier alpha value is -0.870. The van der Waals surface area contributed by atoms with Crippen LogP contribution >= 0.6 is 11.8 Å². The molecule has 1 heterocycles. The average Bonchev–Trinajstić information content (AvgIpc) is 2.26. The molecule has 82 valence electrons. The highest BCUT2D eigenvalue weighted by molar-refractivity contribution is 7.99. The van der Waals surface area contributed by atoms with Crippen LogP contribution < -0.4 is 9.47 Å². The van der Waals surface area contributed by atoms with Gasteiger partial charge in [-0.2, -0.15) is 0 Å². The zero-order valence-electron chi connectivity index (χ0n) is 8.66. The minimum Gasteiger partial charge on any atom is -0.486 e. The second-order valence-electron chi connectivity index (χ2n) is 3.33. The summed E-state index contributed by atoms with van der Waals surface area (Å²) in [6, 6.07) is 3.98. The predicted molar refractivity (Wildman–Crippen MR) is 60.0 cm³/mol. The molecule has 0 amide bonds. The molecule has 1 aliphatic rings. The van der Waals surface area contributed by atoms with Crippen LogP contribution in [0.15, 0.2) is 17.0 Å². The number of thioether (sulfide) groups is 1. The van der Waals surface area contributed by atoms with Crippen LogP contribution in [-0.4, -0.2) is 30.7 Å². The summed E-state index contributed by atoms with van der Waals surface area (Å²) in [7, 11) is 0. The van der Waals surface area contributed by atoms with E-state index in [1.54, 1.807) is 11.8 Å². The fourth-order valence-electron chi connectivity index (χ4n) is 1.48. The minimum absolute atomic E-state index is 0.193. The van der Waals surface area contributed by atoms with E-state index in [2.05, 4.69) is 0 Å². The number of benzene rings is 1. The molecule has 0 saturated heterocycles. The molecule has 0 unspecified atom stereocenters. The van der Waals surface area contributed by atoms with Gasteiger partial charge in [0.2, 0.25) is 0 Å². The van der Waals surface area contributed by atoms with Crippen molar-refractivity contribution >= 4 is 11.8 Å². The van der Waals surface area contributed by atoms with Crippen LogP contribution in [0.5, 0.6) is 11.5 Å². The average molecular weight is 226 g/mol. The Morgan fingerprint density at radius 3 is 2.60 bits per heavy atom. The summed E-state index contributed by atoms with van der Waals surface area (Å²) in [6.07, 6.45) is 0. The number of hydrogen-bond donors (Lipinski definition) is 1. The van der Waals surface area contributed by atoms with E-state index in [4.69, 9.17) is 14.6 Å². The molecule has 0 atom stereocenters. The zero-order chi connectivity index (χ0) is 10.7. The van der Waals surface area contributed by atoms with Gasteiger partial charge >= 0.3 is 0 Å². The third-order valence-corrected chi connectivity index (χ3v) is 3.33. The third-order valence-electron chi connectivity index (χ3n) is 2.19. The van der Waals surface area contributed by atoms with Crippen molar-refractivity contribution in [2.75, 3.05) is 25.6 Å². The Morgan fingerprint density at radius 1 is 1.27 bits per heavy atom. The Labute approximate surface area is 93.4 Å². The summed E-state index contributed by atoms with van der Waals surface area (Å²) in [4.78, 5) is 1.15. The molecule has 1 aliphatic heterocycles. The van der Waals surface area contributed by atoms with Crippen molar-refractivity contribution in [3.63, 3.8) is 0 Å². The van der Waals surface area contributed by atoms with Crippen LogP contribution in [0, 0.1) is 6.92 Å². The van der Waals surface area contributed by atoms with Crippen LogP contribution in [-0.2, 0) is 0 Å². The fourth-order valence-corrected chi connectivity index (χ4v) is 2.27. The summed E-state index contributed by atoms with van der Waals surface area (Å²) in [5.74, 6) is 2.35. The van der Waals surface area contributed by atoms with Gasteiger partial charge in [-0.25, -0.2) is 0 Å². The van der Waals surface area contributed by atoms with E-state index in [0.29, 0.717) is 19.0 Å². The van der Waals surface area contributed by atoms with Crippen molar-refractivity contribution in [3.05, 3.63) is 17.7 Å². The minimum atomic E-state index is 0.193. The van der Waals surface area contributed by atoms with Gasteiger partial charge in [0, 0.05) is 10.6 Å². The molecule has 1 aromatic carbocycles. The van der Waals surface area contributed by atoms with Gasteiger partial charge in [-0.05, 0) is 24.6 Å². The molecule has 1 N–H and O–H groups in total. The van der Waals surface area contributed by atoms with E-state index in [9.17, 15) is 0 Å². The number of rotatable bonds is 3. The summed E-state index contributed by atoms with van der Waals surface area (Å²) < 4.78 is 11.0. The standard InChI is InChI=1S/C11H14O3S/c1-8-6-9-10(14-4-3-13-9)7-11(8)15-5-2-12/h6-7,12H,2-5H2,1H3. The van der Waals surface area contributed by atoms with Crippen LogP contribution in [0.4, 0.5) is 0 Å². The smallest absolute Gasteiger partial charge is 0.162 e. The molecule has 2 rings (SSSR count). The van der Waals surface area contributed by atoms with Crippen molar-refractivity contribution in [2.45, 2.75) is 11.8 Å². The Bertz CT molecular complexity index is 352. The molecular formula is C11H14O3S. The molecule has 3 nitrogen and oxygen atoms in total. The molecule has 0 radical (unpaired) electrons. The summed E-state index contributed by atoms with van der Waals surface area (Å²) in [6.45, 7) is 3.46. The maximum absolute atomic E-state index is 8.78. The first-order chi connectivity index (χ1) is 7.31. The highest BCUT2D eigenvalue weighted by Gasteiger charge is 2.13. The zero-order valence-corrected chi connectivity index (χ0v) is 9.47. The molecule has 0 bridgehead atoms. The number of aryl methyl sites for hydroxylation is 1. The molecule has 0 saturated carbocycles. The molecule has 15 heavy (non-hydrogen) atoms. The lowest BCUT2D eigenvalue weighted by Crippen LogP contribution is -2.15. The summed E-state index contributed by atoms with van der Waals surface area (Å²) >= 11 is 1.63. The van der Waals surface area contributed by atoms with Crippen LogP contribution in [0.3, 0.4) is 0 Å². The molecule has 0 fully saturated rings. The monoisotopic (exact) mass is 226 g/mol. The predicted octanol–water partition coefficient (Wildman–Crippen LogP) is 1.85. The van der Waals surface area contributed by atoms with Gasteiger partial charge in [-0.3, -0.25) is 0 Å². The maximum atomic E-state index is 8.78. The van der Waals surface area contributed by atoms with Gasteiger partial charge in [0.25, 0.3) is 0 Å². The first-order valence-corrected chi connectivity index (χ1v) is 5.93. The number of fused-ring (bicyclic) bond motifs is 1. The van der Waals surface area contributed by atoms with Crippen LogP contribution in [0.25, 0.3) is 0 Å². The quantitative estimate of drug-likeness (QED) is 0.798. The van der Waals surface area contributed by atoms with E-state index in [-0.39, 0.29) is 6.61 Å². The van der Waals surface area contributed by atoms with E-state index >= 15 is 0 Å². The van der Waals surface area contributed by atoms with E-state index in [1.807, 2.05) is 19.1 Å². The first kappa shape index (κ1) is 10.6. The number of ether oxygens (including phenoxy) is 2. The summed E-state index contributed by atoms with van der Waals surface area (Å²) in [5, 5.41) is 8.78. The second-order valence-corrected chi connectivity index (χ2v) is 4.47. The highest BCUT2D eigenvalue weighted by atomic mass is 32.2. The van der Waals surface area contributed by atoms with Gasteiger partial charge in [0.05, 0.1) is 6.61 Å². The SMILES string of the molecule is Cc1cc2c(cc1SCCO)OCCO2. The van der Waals surface area contributed by atoms with Gasteiger partial charge < -0.3 is 14.6 Å². The van der Waals surface area contributed by atoms with Crippen molar-refractivity contribution in [2.24, 2.45) is 0 Å². The van der Waals surface area contributed by atoms with Crippen molar-refractivity contribution in [1.29, 1.82) is 0 Å². The molecular weight excluding hydrogens is 212 g/mol. The number of hydrogen-bond acceptors (Lipinski definition) is 4. The normalized spacial score (nSPS) is 14.0. The largest absolute Gasteiger partial charge is 0.486 e. The van der Waals surface area contributed by atoms with E-state index in [0.717, 1.165) is 22.0 Å². The van der Waals surface area contributed by atoms with Gasteiger partial charge in [0.15, 0.2) is 11.5 Å². The topological polar surface area (TPSA) is 38.7 Å². The Balaban J connectivity index is 2.24. The first-order valence-electron chi connectivity index (χ1n) is 4.95. The van der Waals surface area contributed by atoms with Gasteiger partial charge in [-0.15, -0.1) is 11.8 Å².